The molecule has 0 spiro atoms. The standard InChI is InChI=1S/C11H14N2O4S/c14-9(15)5-8(11-12-2-4-18-11)13-10(16)7-1-3-17-6-7/h2,4,7-8H,1,3,5-6H2,(H,13,16)(H,14,15). The van der Waals surface area contributed by atoms with E-state index in [1.54, 1.807) is 11.6 Å². The summed E-state index contributed by atoms with van der Waals surface area (Å²) >= 11 is 1.34. The van der Waals surface area contributed by atoms with Crippen molar-refractivity contribution >= 4 is 23.2 Å². The summed E-state index contributed by atoms with van der Waals surface area (Å²) < 4.78 is 5.14. The molecule has 1 amide bonds. The van der Waals surface area contributed by atoms with Gasteiger partial charge in [0.25, 0.3) is 0 Å². The van der Waals surface area contributed by atoms with Gasteiger partial charge in [-0.25, -0.2) is 4.98 Å². The normalized spacial score (nSPS) is 20.6. The summed E-state index contributed by atoms with van der Waals surface area (Å²) in [4.78, 5) is 26.8. The second-order valence-electron chi connectivity index (χ2n) is 4.09. The lowest BCUT2D eigenvalue weighted by Crippen LogP contribution is -2.35. The second kappa shape index (κ2) is 5.92. The highest BCUT2D eigenvalue weighted by Gasteiger charge is 2.27. The molecule has 2 rings (SSSR count). The number of nitrogens with one attached hydrogen (secondary N) is 1. The van der Waals surface area contributed by atoms with Crippen LogP contribution in [0, 0.1) is 5.92 Å². The Hall–Kier alpha value is -1.47. The molecule has 0 saturated carbocycles. The summed E-state index contributed by atoms with van der Waals surface area (Å²) in [5, 5.41) is 14.0. The van der Waals surface area contributed by atoms with Gasteiger partial charge in [-0.3, -0.25) is 9.59 Å². The molecule has 1 aliphatic rings. The Morgan fingerprint density at radius 3 is 3.06 bits per heavy atom. The highest BCUT2D eigenvalue weighted by Crippen LogP contribution is 2.21. The molecule has 0 aromatic carbocycles. The topological polar surface area (TPSA) is 88.5 Å². The number of carboxylic acid groups (broad SMARTS) is 1. The van der Waals surface area contributed by atoms with Crippen LogP contribution in [0.4, 0.5) is 0 Å². The molecule has 1 aliphatic heterocycles. The van der Waals surface area contributed by atoms with Gasteiger partial charge in [0.05, 0.1) is 25.0 Å². The van der Waals surface area contributed by atoms with Crippen molar-refractivity contribution in [3.05, 3.63) is 16.6 Å². The number of carboxylic acids is 1. The summed E-state index contributed by atoms with van der Waals surface area (Å²) in [5.74, 6) is -1.30. The number of aromatic nitrogens is 1. The molecule has 0 bridgehead atoms. The van der Waals surface area contributed by atoms with Gasteiger partial charge in [-0.2, -0.15) is 0 Å². The maximum atomic E-state index is 11.9. The smallest absolute Gasteiger partial charge is 0.305 e. The fourth-order valence-corrected chi connectivity index (χ4v) is 2.50. The number of thiazole rings is 1. The van der Waals surface area contributed by atoms with Crippen LogP contribution in [0.1, 0.15) is 23.9 Å². The molecule has 2 unspecified atom stereocenters. The molecule has 6 nitrogen and oxygen atoms in total. The van der Waals surface area contributed by atoms with Crippen molar-refractivity contribution in [3.8, 4) is 0 Å². The molecule has 1 fully saturated rings. The average Bonchev–Trinajstić information content (AvgIpc) is 3.01. The highest BCUT2D eigenvalue weighted by atomic mass is 32.1. The molecule has 2 atom stereocenters. The van der Waals surface area contributed by atoms with Gasteiger partial charge in [-0.05, 0) is 6.42 Å². The van der Waals surface area contributed by atoms with E-state index in [4.69, 9.17) is 9.84 Å². The number of ether oxygens (including phenoxy) is 1. The molecular weight excluding hydrogens is 256 g/mol. The van der Waals surface area contributed by atoms with Crippen LogP contribution < -0.4 is 5.32 Å². The van der Waals surface area contributed by atoms with Gasteiger partial charge in [-0.1, -0.05) is 0 Å². The zero-order valence-corrected chi connectivity index (χ0v) is 10.5. The van der Waals surface area contributed by atoms with Gasteiger partial charge in [-0.15, -0.1) is 11.3 Å². The number of amides is 1. The lowest BCUT2D eigenvalue weighted by molar-refractivity contribution is -0.137. The number of hydrogen-bond acceptors (Lipinski definition) is 5. The first-order chi connectivity index (χ1) is 8.66. The Morgan fingerprint density at radius 1 is 1.67 bits per heavy atom. The Balaban J connectivity index is 2.00. The van der Waals surface area contributed by atoms with Crippen molar-refractivity contribution in [1.82, 2.24) is 10.3 Å². The van der Waals surface area contributed by atoms with Crippen LogP contribution >= 0.6 is 11.3 Å². The minimum atomic E-state index is -0.960. The monoisotopic (exact) mass is 270 g/mol. The number of carbonyl (C=O) groups excluding carboxylic acids is 1. The largest absolute Gasteiger partial charge is 0.481 e. The number of rotatable bonds is 5. The lowest BCUT2D eigenvalue weighted by atomic mass is 10.1. The van der Waals surface area contributed by atoms with Gasteiger partial charge in [0, 0.05) is 18.2 Å². The molecule has 18 heavy (non-hydrogen) atoms. The van der Waals surface area contributed by atoms with Crippen LogP contribution in [0.25, 0.3) is 0 Å². The third kappa shape index (κ3) is 3.27. The number of carbonyl (C=O) groups is 2. The maximum absolute atomic E-state index is 11.9. The molecule has 98 valence electrons. The van der Waals surface area contributed by atoms with E-state index in [2.05, 4.69) is 10.3 Å². The van der Waals surface area contributed by atoms with Crippen molar-refractivity contribution in [3.63, 3.8) is 0 Å². The van der Waals surface area contributed by atoms with Crippen molar-refractivity contribution in [2.45, 2.75) is 18.9 Å². The fraction of sp³-hybridized carbons (Fsp3) is 0.545. The Morgan fingerprint density at radius 2 is 2.50 bits per heavy atom. The van der Waals surface area contributed by atoms with E-state index in [1.165, 1.54) is 11.3 Å². The minimum absolute atomic E-state index is 0.158. The third-order valence-corrected chi connectivity index (χ3v) is 3.63. The average molecular weight is 270 g/mol. The minimum Gasteiger partial charge on any atom is -0.481 e. The van der Waals surface area contributed by atoms with Crippen LogP contribution in [0.3, 0.4) is 0 Å². The number of hydrogen-bond donors (Lipinski definition) is 2. The summed E-state index contributed by atoms with van der Waals surface area (Å²) in [7, 11) is 0. The SMILES string of the molecule is O=C(O)CC(NC(=O)C1CCOC1)c1nccs1. The molecule has 2 heterocycles. The Bertz CT molecular complexity index is 415. The van der Waals surface area contributed by atoms with Crippen molar-refractivity contribution in [2.75, 3.05) is 13.2 Å². The first-order valence-corrected chi connectivity index (χ1v) is 6.54. The molecule has 1 saturated heterocycles. The molecular formula is C11H14N2O4S. The maximum Gasteiger partial charge on any atom is 0.305 e. The van der Waals surface area contributed by atoms with Gasteiger partial charge in [0.2, 0.25) is 5.91 Å². The molecule has 2 N–H and O–H groups in total. The predicted molar refractivity (Wildman–Crippen MR) is 64.2 cm³/mol. The van der Waals surface area contributed by atoms with Crippen LogP contribution in [0.5, 0.6) is 0 Å². The molecule has 7 heteroatoms. The van der Waals surface area contributed by atoms with Gasteiger partial charge >= 0.3 is 5.97 Å². The second-order valence-corrected chi connectivity index (χ2v) is 5.02. The summed E-state index contributed by atoms with van der Waals surface area (Å²) in [6.45, 7) is 0.989. The Labute approximate surface area is 108 Å². The number of nitrogens with zero attached hydrogens (tertiary/aromatic N) is 1. The summed E-state index contributed by atoms with van der Waals surface area (Å²) in [6, 6.07) is -0.560. The predicted octanol–water partition coefficient (Wildman–Crippen LogP) is 0.812. The van der Waals surface area contributed by atoms with Crippen LogP contribution in [-0.4, -0.2) is 35.2 Å². The molecule has 0 radical (unpaired) electrons. The number of aliphatic carboxylic acids is 1. The van der Waals surface area contributed by atoms with E-state index in [0.29, 0.717) is 24.6 Å². The first kappa shape index (κ1) is 13.0. The lowest BCUT2D eigenvalue weighted by Gasteiger charge is -2.16. The van der Waals surface area contributed by atoms with Crippen molar-refractivity contribution in [2.24, 2.45) is 5.92 Å². The van der Waals surface area contributed by atoms with Crippen LogP contribution in [0.15, 0.2) is 11.6 Å². The summed E-state index contributed by atoms with van der Waals surface area (Å²) in [5.41, 5.74) is 0. The molecule has 0 aliphatic carbocycles. The van der Waals surface area contributed by atoms with Gasteiger partial charge in [0.15, 0.2) is 0 Å². The quantitative estimate of drug-likeness (QED) is 0.826. The van der Waals surface area contributed by atoms with Crippen LogP contribution in [-0.2, 0) is 14.3 Å². The van der Waals surface area contributed by atoms with Crippen LogP contribution in [0.2, 0.25) is 0 Å². The first-order valence-electron chi connectivity index (χ1n) is 5.66. The molecule has 1 aromatic heterocycles. The van der Waals surface area contributed by atoms with E-state index in [9.17, 15) is 9.59 Å². The molecule has 1 aromatic rings. The van der Waals surface area contributed by atoms with E-state index in [0.717, 1.165) is 0 Å². The van der Waals surface area contributed by atoms with Gasteiger partial charge < -0.3 is 15.2 Å². The highest BCUT2D eigenvalue weighted by molar-refractivity contribution is 7.09. The van der Waals surface area contributed by atoms with E-state index < -0.39 is 12.0 Å². The summed E-state index contributed by atoms with van der Waals surface area (Å²) in [6.07, 6.45) is 2.12. The Kier molecular flexibility index (Phi) is 4.27. The van der Waals surface area contributed by atoms with Crippen molar-refractivity contribution in [1.29, 1.82) is 0 Å². The van der Waals surface area contributed by atoms with Crippen molar-refractivity contribution < 1.29 is 19.4 Å². The van der Waals surface area contributed by atoms with Gasteiger partial charge in [0.1, 0.15) is 5.01 Å². The van der Waals surface area contributed by atoms with E-state index in [-0.39, 0.29) is 18.2 Å². The zero-order valence-electron chi connectivity index (χ0n) is 9.67. The fourth-order valence-electron chi connectivity index (χ4n) is 1.81. The third-order valence-electron chi connectivity index (χ3n) is 2.75. The van der Waals surface area contributed by atoms with E-state index >= 15 is 0 Å². The van der Waals surface area contributed by atoms with E-state index in [1.807, 2.05) is 0 Å². The zero-order chi connectivity index (χ0) is 13.0.